The molecule has 0 radical (unpaired) electrons. The molecule has 0 amide bonds. The van der Waals surface area contributed by atoms with Gasteiger partial charge < -0.3 is 10.6 Å². The normalized spacial score (nSPS) is 9.92. The summed E-state index contributed by atoms with van der Waals surface area (Å²) in [6.07, 6.45) is 0. The Morgan fingerprint density at radius 2 is 2.08 bits per heavy atom. The third kappa shape index (κ3) is 1.70. The van der Waals surface area contributed by atoms with Crippen LogP contribution < -0.4 is 10.6 Å². The van der Waals surface area contributed by atoms with E-state index in [4.69, 9.17) is 5.73 Å². The molecule has 12 heavy (non-hydrogen) atoms. The van der Waals surface area contributed by atoms with Crippen LogP contribution in [0, 0.1) is 6.92 Å². The third-order valence-corrected chi connectivity index (χ3v) is 2.18. The van der Waals surface area contributed by atoms with Crippen molar-refractivity contribution in [3.8, 4) is 0 Å². The van der Waals surface area contributed by atoms with Gasteiger partial charge in [-0.25, -0.2) is 0 Å². The second kappa shape index (κ2) is 3.48. The molecule has 1 rings (SSSR count). The number of nitrogens with zero attached hydrogens (tertiary/aromatic N) is 1. The minimum atomic E-state index is 0.868. The van der Waals surface area contributed by atoms with Crippen molar-refractivity contribution in [1.29, 1.82) is 0 Å². The first kappa shape index (κ1) is 8.91. The molecular formula is C10H16N2. The number of hydrogen-bond acceptors (Lipinski definition) is 2. The summed E-state index contributed by atoms with van der Waals surface area (Å²) in [5.74, 6) is 0. The Morgan fingerprint density at radius 1 is 1.42 bits per heavy atom. The predicted octanol–water partition coefficient (Wildman–Crippen LogP) is 2.03. The molecule has 0 aliphatic heterocycles. The van der Waals surface area contributed by atoms with Gasteiger partial charge in [0, 0.05) is 25.0 Å². The second-order valence-corrected chi connectivity index (χ2v) is 3.06. The van der Waals surface area contributed by atoms with Gasteiger partial charge in [-0.2, -0.15) is 0 Å². The molecule has 0 unspecified atom stereocenters. The third-order valence-electron chi connectivity index (χ3n) is 2.18. The Kier molecular flexibility index (Phi) is 2.58. The van der Waals surface area contributed by atoms with Gasteiger partial charge in [0.2, 0.25) is 0 Å². The molecule has 2 N–H and O–H groups in total. The number of anilines is 2. The molecule has 2 nitrogen and oxygen atoms in total. The fourth-order valence-corrected chi connectivity index (χ4v) is 1.05. The standard InChI is InChI=1S/C10H16N2/c1-4-12(3)9-6-5-8(2)10(11)7-9/h5-7H,4,11H2,1-3H3. The highest BCUT2D eigenvalue weighted by molar-refractivity contribution is 5.59. The molecule has 0 saturated carbocycles. The van der Waals surface area contributed by atoms with Gasteiger partial charge in [-0.15, -0.1) is 0 Å². The Hall–Kier alpha value is -1.18. The summed E-state index contributed by atoms with van der Waals surface area (Å²) >= 11 is 0. The van der Waals surface area contributed by atoms with Gasteiger partial charge in [-0.05, 0) is 31.5 Å². The average Bonchev–Trinajstić information content (AvgIpc) is 2.08. The lowest BCUT2D eigenvalue weighted by Crippen LogP contribution is -2.15. The molecular weight excluding hydrogens is 148 g/mol. The van der Waals surface area contributed by atoms with Crippen molar-refractivity contribution >= 4 is 11.4 Å². The zero-order valence-corrected chi connectivity index (χ0v) is 7.96. The summed E-state index contributed by atoms with van der Waals surface area (Å²) in [5.41, 5.74) is 8.98. The molecule has 0 saturated heterocycles. The van der Waals surface area contributed by atoms with Crippen LogP contribution in [0.1, 0.15) is 12.5 Å². The van der Waals surface area contributed by atoms with Crippen LogP contribution in [0.2, 0.25) is 0 Å². The summed E-state index contributed by atoms with van der Waals surface area (Å²) in [7, 11) is 2.06. The average molecular weight is 164 g/mol. The maximum absolute atomic E-state index is 5.79. The first-order valence-corrected chi connectivity index (χ1v) is 4.22. The lowest BCUT2D eigenvalue weighted by Gasteiger charge is -2.17. The maximum Gasteiger partial charge on any atom is 0.0384 e. The minimum absolute atomic E-state index is 0.868. The van der Waals surface area contributed by atoms with Gasteiger partial charge >= 0.3 is 0 Å². The highest BCUT2D eigenvalue weighted by Crippen LogP contribution is 2.19. The first-order valence-electron chi connectivity index (χ1n) is 4.22. The SMILES string of the molecule is CCN(C)c1ccc(C)c(N)c1. The molecule has 2 heteroatoms. The van der Waals surface area contributed by atoms with Crippen molar-refractivity contribution in [2.24, 2.45) is 0 Å². The van der Waals surface area contributed by atoms with Crippen LogP contribution in [-0.2, 0) is 0 Å². The van der Waals surface area contributed by atoms with E-state index in [0.29, 0.717) is 0 Å². The van der Waals surface area contributed by atoms with Gasteiger partial charge in [0.05, 0.1) is 0 Å². The predicted molar refractivity (Wildman–Crippen MR) is 54.5 cm³/mol. The highest BCUT2D eigenvalue weighted by Gasteiger charge is 1.99. The smallest absolute Gasteiger partial charge is 0.0384 e. The summed E-state index contributed by atoms with van der Waals surface area (Å²) in [4.78, 5) is 2.16. The van der Waals surface area contributed by atoms with Gasteiger partial charge in [0.1, 0.15) is 0 Å². The number of hydrogen-bond donors (Lipinski definition) is 1. The topological polar surface area (TPSA) is 29.3 Å². The fraction of sp³-hybridized carbons (Fsp3) is 0.400. The highest BCUT2D eigenvalue weighted by atomic mass is 15.1. The molecule has 0 spiro atoms. The van der Waals surface area contributed by atoms with E-state index in [2.05, 4.69) is 31.0 Å². The Labute approximate surface area is 74.0 Å². The van der Waals surface area contributed by atoms with Crippen molar-refractivity contribution in [3.05, 3.63) is 23.8 Å². The van der Waals surface area contributed by atoms with Crippen LogP contribution in [-0.4, -0.2) is 13.6 Å². The minimum Gasteiger partial charge on any atom is -0.398 e. The number of aryl methyl sites for hydroxylation is 1. The van der Waals surface area contributed by atoms with Crippen LogP contribution in [0.4, 0.5) is 11.4 Å². The number of nitrogen functional groups attached to an aromatic ring is 1. The number of rotatable bonds is 2. The summed E-state index contributed by atoms with van der Waals surface area (Å²) in [5, 5.41) is 0. The largest absolute Gasteiger partial charge is 0.398 e. The zero-order chi connectivity index (χ0) is 9.14. The van der Waals surface area contributed by atoms with Crippen molar-refractivity contribution in [1.82, 2.24) is 0 Å². The maximum atomic E-state index is 5.79. The molecule has 66 valence electrons. The summed E-state index contributed by atoms with van der Waals surface area (Å²) in [6.45, 7) is 5.14. The number of nitrogens with two attached hydrogens (primary N) is 1. The molecule has 1 aromatic rings. The number of benzene rings is 1. The van der Waals surface area contributed by atoms with Crippen LogP contribution >= 0.6 is 0 Å². The lowest BCUT2D eigenvalue weighted by molar-refractivity contribution is 0.968. The van der Waals surface area contributed by atoms with Crippen LogP contribution in [0.5, 0.6) is 0 Å². The van der Waals surface area contributed by atoms with Crippen LogP contribution in [0.15, 0.2) is 18.2 Å². The van der Waals surface area contributed by atoms with E-state index in [1.165, 1.54) is 5.69 Å². The molecule has 0 aliphatic rings. The second-order valence-electron chi connectivity index (χ2n) is 3.06. The molecule has 0 aromatic heterocycles. The summed E-state index contributed by atoms with van der Waals surface area (Å²) < 4.78 is 0. The van der Waals surface area contributed by atoms with Crippen LogP contribution in [0.3, 0.4) is 0 Å². The van der Waals surface area contributed by atoms with E-state index in [1.54, 1.807) is 0 Å². The van der Waals surface area contributed by atoms with Crippen molar-refractivity contribution in [2.45, 2.75) is 13.8 Å². The molecule has 1 aromatic carbocycles. The molecule has 0 fully saturated rings. The monoisotopic (exact) mass is 164 g/mol. The summed E-state index contributed by atoms with van der Waals surface area (Å²) in [6, 6.07) is 6.16. The first-order chi connectivity index (χ1) is 5.65. The zero-order valence-electron chi connectivity index (χ0n) is 7.96. The van der Waals surface area contributed by atoms with E-state index < -0.39 is 0 Å². The van der Waals surface area contributed by atoms with E-state index in [-0.39, 0.29) is 0 Å². The van der Waals surface area contributed by atoms with Crippen LogP contribution in [0.25, 0.3) is 0 Å². The van der Waals surface area contributed by atoms with Crippen molar-refractivity contribution in [3.63, 3.8) is 0 Å². The van der Waals surface area contributed by atoms with E-state index in [1.807, 2.05) is 13.0 Å². The fourth-order valence-electron chi connectivity index (χ4n) is 1.05. The Balaban J connectivity index is 2.96. The van der Waals surface area contributed by atoms with Gasteiger partial charge in [-0.1, -0.05) is 6.07 Å². The van der Waals surface area contributed by atoms with E-state index in [9.17, 15) is 0 Å². The van der Waals surface area contributed by atoms with Gasteiger partial charge in [0.15, 0.2) is 0 Å². The van der Waals surface area contributed by atoms with Crippen molar-refractivity contribution in [2.75, 3.05) is 24.2 Å². The molecule has 0 atom stereocenters. The van der Waals surface area contributed by atoms with E-state index in [0.717, 1.165) is 17.8 Å². The lowest BCUT2D eigenvalue weighted by atomic mass is 10.2. The van der Waals surface area contributed by atoms with Gasteiger partial charge in [0.25, 0.3) is 0 Å². The Morgan fingerprint density at radius 3 is 2.58 bits per heavy atom. The molecule has 0 bridgehead atoms. The van der Waals surface area contributed by atoms with Crippen molar-refractivity contribution < 1.29 is 0 Å². The van der Waals surface area contributed by atoms with E-state index >= 15 is 0 Å². The Bertz CT molecular complexity index is 269. The molecule has 0 aliphatic carbocycles. The molecule has 0 heterocycles. The van der Waals surface area contributed by atoms with Gasteiger partial charge in [-0.3, -0.25) is 0 Å². The quantitative estimate of drug-likeness (QED) is 0.678.